The second-order valence-corrected chi connectivity index (χ2v) is 4.84. The third kappa shape index (κ3) is 2.29. The minimum Gasteiger partial charge on any atom is -0.497 e. The summed E-state index contributed by atoms with van der Waals surface area (Å²) in [7, 11) is 3.21. The summed E-state index contributed by atoms with van der Waals surface area (Å²) >= 11 is 1.49. The molecule has 0 bridgehead atoms. The van der Waals surface area contributed by atoms with Gasteiger partial charge in [-0.2, -0.15) is 5.26 Å². The zero-order chi connectivity index (χ0) is 13.1. The Morgan fingerprint density at radius 1 is 1.17 bits per heavy atom. The average molecular weight is 260 g/mol. The molecule has 0 spiro atoms. The van der Waals surface area contributed by atoms with Crippen LogP contribution in [-0.2, 0) is 0 Å². The summed E-state index contributed by atoms with van der Waals surface area (Å²) in [5, 5.41) is 9.72. The SMILES string of the molecule is COc1cc(OC)cc(-c2nc(C#N)c(C)s2)c1. The van der Waals surface area contributed by atoms with Crippen LogP contribution in [-0.4, -0.2) is 19.2 Å². The molecule has 18 heavy (non-hydrogen) atoms. The lowest BCUT2D eigenvalue weighted by molar-refractivity contribution is 0.394. The largest absolute Gasteiger partial charge is 0.497 e. The van der Waals surface area contributed by atoms with E-state index in [1.54, 1.807) is 20.3 Å². The van der Waals surface area contributed by atoms with Gasteiger partial charge in [0, 0.05) is 16.5 Å². The Bertz CT molecular complexity index is 592. The molecule has 0 saturated carbocycles. The van der Waals surface area contributed by atoms with Gasteiger partial charge in [0.2, 0.25) is 0 Å². The van der Waals surface area contributed by atoms with E-state index in [-0.39, 0.29) is 0 Å². The Hall–Kier alpha value is -2.06. The molecule has 0 unspecified atom stereocenters. The summed E-state index contributed by atoms with van der Waals surface area (Å²) in [6.07, 6.45) is 0. The summed E-state index contributed by atoms with van der Waals surface area (Å²) in [6, 6.07) is 7.63. The first-order valence-corrected chi connectivity index (χ1v) is 6.10. The van der Waals surface area contributed by atoms with E-state index in [1.165, 1.54) is 11.3 Å². The highest BCUT2D eigenvalue weighted by atomic mass is 32.1. The number of thiazole rings is 1. The number of aryl methyl sites for hydroxylation is 1. The maximum Gasteiger partial charge on any atom is 0.155 e. The molecule has 2 rings (SSSR count). The molecule has 2 aromatic rings. The summed E-state index contributed by atoms with van der Waals surface area (Å²) in [5.41, 5.74) is 1.36. The lowest BCUT2D eigenvalue weighted by atomic mass is 10.2. The van der Waals surface area contributed by atoms with Gasteiger partial charge >= 0.3 is 0 Å². The van der Waals surface area contributed by atoms with Crippen molar-refractivity contribution in [1.29, 1.82) is 5.26 Å². The molecule has 0 amide bonds. The number of rotatable bonds is 3. The Labute approximate surface area is 109 Å². The number of methoxy groups -OCH3 is 2. The van der Waals surface area contributed by atoms with Gasteiger partial charge in [0.25, 0.3) is 0 Å². The van der Waals surface area contributed by atoms with Gasteiger partial charge in [0.05, 0.1) is 14.2 Å². The Balaban J connectivity index is 2.52. The zero-order valence-corrected chi connectivity index (χ0v) is 11.2. The molecular formula is C13H12N2O2S. The molecule has 0 aliphatic carbocycles. The molecule has 0 fully saturated rings. The van der Waals surface area contributed by atoms with E-state index in [1.807, 2.05) is 19.1 Å². The van der Waals surface area contributed by atoms with Crippen molar-refractivity contribution in [1.82, 2.24) is 4.98 Å². The first kappa shape index (κ1) is 12.4. The number of nitrogens with zero attached hydrogens (tertiary/aromatic N) is 2. The van der Waals surface area contributed by atoms with E-state index < -0.39 is 0 Å². The summed E-state index contributed by atoms with van der Waals surface area (Å²) in [5.74, 6) is 1.41. The van der Waals surface area contributed by atoms with E-state index >= 15 is 0 Å². The summed E-state index contributed by atoms with van der Waals surface area (Å²) < 4.78 is 10.4. The lowest BCUT2D eigenvalue weighted by Gasteiger charge is -2.06. The normalized spacial score (nSPS) is 9.89. The minimum atomic E-state index is 0.469. The molecule has 0 atom stereocenters. The number of benzene rings is 1. The predicted molar refractivity (Wildman–Crippen MR) is 70.1 cm³/mol. The number of hydrogen-bond acceptors (Lipinski definition) is 5. The van der Waals surface area contributed by atoms with Gasteiger partial charge in [-0.1, -0.05) is 0 Å². The van der Waals surface area contributed by atoms with Crippen LogP contribution in [0.1, 0.15) is 10.6 Å². The quantitative estimate of drug-likeness (QED) is 0.851. The van der Waals surface area contributed by atoms with E-state index in [0.29, 0.717) is 17.2 Å². The van der Waals surface area contributed by atoms with Crippen molar-refractivity contribution >= 4 is 11.3 Å². The van der Waals surface area contributed by atoms with Crippen molar-refractivity contribution in [3.8, 4) is 28.1 Å². The highest BCUT2D eigenvalue weighted by Crippen LogP contribution is 2.33. The smallest absolute Gasteiger partial charge is 0.155 e. The van der Waals surface area contributed by atoms with E-state index in [4.69, 9.17) is 14.7 Å². The molecule has 0 N–H and O–H groups in total. The van der Waals surface area contributed by atoms with Crippen LogP contribution < -0.4 is 9.47 Å². The summed E-state index contributed by atoms with van der Waals surface area (Å²) in [6.45, 7) is 1.89. The van der Waals surface area contributed by atoms with E-state index in [2.05, 4.69) is 11.1 Å². The van der Waals surface area contributed by atoms with Crippen molar-refractivity contribution in [2.75, 3.05) is 14.2 Å². The van der Waals surface area contributed by atoms with Crippen molar-refractivity contribution < 1.29 is 9.47 Å². The molecule has 4 nitrogen and oxygen atoms in total. The van der Waals surface area contributed by atoms with Gasteiger partial charge in [-0.05, 0) is 19.1 Å². The van der Waals surface area contributed by atoms with Gasteiger partial charge in [-0.3, -0.25) is 0 Å². The van der Waals surface area contributed by atoms with E-state index in [9.17, 15) is 0 Å². The van der Waals surface area contributed by atoms with Crippen LogP contribution in [0, 0.1) is 18.3 Å². The number of aromatic nitrogens is 1. The Kier molecular flexibility index (Phi) is 3.49. The zero-order valence-electron chi connectivity index (χ0n) is 10.4. The van der Waals surface area contributed by atoms with Crippen molar-refractivity contribution in [2.45, 2.75) is 6.92 Å². The molecule has 1 aromatic carbocycles. The van der Waals surface area contributed by atoms with Crippen LogP contribution >= 0.6 is 11.3 Å². The fourth-order valence-electron chi connectivity index (χ4n) is 1.55. The van der Waals surface area contributed by atoms with Gasteiger partial charge in [-0.15, -0.1) is 11.3 Å². The number of nitriles is 1. The van der Waals surface area contributed by atoms with Crippen LogP contribution in [0.2, 0.25) is 0 Å². The fourth-order valence-corrected chi connectivity index (χ4v) is 2.41. The summed E-state index contributed by atoms with van der Waals surface area (Å²) in [4.78, 5) is 5.21. The molecule has 5 heteroatoms. The topological polar surface area (TPSA) is 55.1 Å². The molecule has 92 valence electrons. The fraction of sp³-hybridized carbons (Fsp3) is 0.231. The molecule has 0 radical (unpaired) electrons. The molecule has 0 aliphatic heterocycles. The van der Waals surface area contributed by atoms with Crippen LogP contribution in [0.15, 0.2) is 18.2 Å². The Morgan fingerprint density at radius 2 is 1.78 bits per heavy atom. The van der Waals surface area contributed by atoms with Crippen molar-refractivity contribution in [3.63, 3.8) is 0 Å². The maximum absolute atomic E-state index is 8.92. The minimum absolute atomic E-state index is 0.469. The van der Waals surface area contributed by atoms with Crippen LogP contribution in [0.5, 0.6) is 11.5 Å². The standard InChI is InChI=1S/C13H12N2O2S/c1-8-12(7-14)15-13(18-8)9-4-10(16-2)6-11(5-9)17-3/h4-6H,1-3H3. The third-order valence-corrected chi connectivity index (χ3v) is 3.52. The predicted octanol–water partition coefficient (Wildman–Crippen LogP) is 3.01. The highest BCUT2D eigenvalue weighted by Gasteiger charge is 2.11. The molecular weight excluding hydrogens is 248 g/mol. The lowest BCUT2D eigenvalue weighted by Crippen LogP contribution is -1.88. The average Bonchev–Trinajstić information content (AvgIpc) is 2.79. The van der Waals surface area contributed by atoms with Crippen LogP contribution in [0.4, 0.5) is 0 Å². The van der Waals surface area contributed by atoms with Crippen molar-refractivity contribution in [3.05, 3.63) is 28.8 Å². The highest BCUT2D eigenvalue weighted by molar-refractivity contribution is 7.15. The van der Waals surface area contributed by atoms with E-state index in [0.717, 1.165) is 15.4 Å². The monoisotopic (exact) mass is 260 g/mol. The molecule has 0 aliphatic rings. The van der Waals surface area contributed by atoms with Crippen molar-refractivity contribution in [2.24, 2.45) is 0 Å². The Morgan fingerprint density at radius 3 is 2.22 bits per heavy atom. The molecule has 0 saturated heterocycles. The number of ether oxygens (including phenoxy) is 2. The number of hydrogen-bond donors (Lipinski definition) is 0. The molecule has 1 heterocycles. The van der Waals surface area contributed by atoms with Gasteiger partial charge in [0.1, 0.15) is 22.6 Å². The maximum atomic E-state index is 8.92. The van der Waals surface area contributed by atoms with Gasteiger partial charge in [-0.25, -0.2) is 4.98 Å². The van der Waals surface area contributed by atoms with Crippen LogP contribution in [0.3, 0.4) is 0 Å². The second-order valence-electron chi connectivity index (χ2n) is 3.64. The third-order valence-electron chi connectivity index (χ3n) is 2.50. The van der Waals surface area contributed by atoms with Gasteiger partial charge in [0.15, 0.2) is 5.69 Å². The first-order valence-electron chi connectivity index (χ1n) is 5.29. The molecule has 1 aromatic heterocycles. The first-order chi connectivity index (χ1) is 8.67. The second kappa shape index (κ2) is 5.07. The van der Waals surface area contributed by atoms with Crippen LogP contribution in [0.25, 0.3) is 10.6 Å². The van der Waals surface area contributed by atoms with Gasteiger partial charge < -0.3 is 9.47 Å².